The van der Waals surface area contributed by atoms with Gasteiger partial charge in [-0.1, -0.05) is 45.0 Å². The Morgan fingerprint density at radius 1 is 1.06 bits per heavy atom. The first-order chi connectivity index (χ1) is 15.0. The molecule has 0 radical (unpaired) electrons. The van der Waals surface area contributed by atoms with E-state index in [1.165, 1.54) is 30.6 Å². The number of carbonyl (C=O) groups excluding carboxylic acids is 1. The van der Waals surface area contributed by atoms with Crippen LogP contribution in [0, 0.1) is 11.8 Å². The lowest BCUT2D eigenvalue weighted by Crippen LogP contribution is -2.45. The van der Waals surface area contributed by atoms with Gasteiger partial charge >= 0.3 is 0 Å². The molecule has 172 valence electrons. The van der Waals surface area contributed by atoms with E-state index in [4.69, 9.17) is 4.99 Å². The number of amides is 1. The van der Waals surface area contributed by atoms with Gasteiger partial charge in [0.25, 0.3) is 0 Å². The molecule has 2 N–H and O–H groups in total. The number of carbonyl (C=O) groups is 1. The molecule has 0 bridgehead atoms. The third-order valence-electron chi connectivity index (χ3n) is 6.32. The van der Waals surface area contributed by atoms with Crippen molar-refractivity contribution >= 4 is 11.9 Å². The Hall–Kier alpha value is -2.08. The number of nitrogens with zero attached hydrogens (tertiary/aromatic N) is 3. The lowest BCUT2D eigenvalue weighted by atomic mass is 9.91. The summed E-state index contributed by atoms with van der Waals surface area (Å²) in [6, 6.07) is 9.18. The summed E-state index contributed by atoms with van der Waals surface area (Å²) in [6.45, 7) is 15.3. The van der Waals surface area contributed by atoms with Crippen LogP contribution < -0.4 is 10.6 Å². The van der Waals surface area contributed by atoms with Crippen molar-refractivity contribution in [2.45, 2.75) is 66.1 Å². The highest BCUT2D eigenvalue weighted by Crippen LogP contribution is 2.22. The van der Waals surface area contributed by atoms with E-state index in [2.05, 4.69) is 60.6 Å². The lowest BCUT2D eigenvalue weighted by molar-refractivity contribution is -0.129. The van der Waals surface area contributed by atoms with Gasteiger partial charge in [0.15, 0.2) is 5.96 Å². The molecule has 2 heterocycles. The third kappa shape index (κ3) is 7.23. The van der Waals surface area contributed by atoms with Crippen molar-refractivity contribution in [1.29, 1.82) is 0 Å². The third-order valence-corrected chi connectivity index (χ3v) is 6.32. The van der Waals surface area contributed by atoms with Gasteiger partial charge in [-0.2, -0.15) is 0 Å². The summed E-state index contributed by atoms with van der Waals surface area (Å²) in [5.41, 5.74) is 2.60. The van der Waals surface area contributed by atoms with E-state index in [0.717, 1.165) is 50.4 Å². The fourth-order valence-corrected chi connectivity index (χ4v) is 4.94. The minimum atomic E-state index is 0.236. The monoisotopic (exact) mass is 427 g/mol. The van der Waals surface area contributed by atoms with Gasteiger partial charge in [-0.05, 0) is 42.7 Å². The zero-order valence-corrected chi connectivity index (χ0v) is 19.9. The Morgan fingerprint density at radius 2 is 1.74 bits per heavy atom. The van der Waals surface area contributed by atoms with E-state index in [9.17, 15) is 4.79 Å². The average Bonchev–Trinajstić information content (AvgIpc) is 3.20. The highest BCUT2D eigenvalue weighted by molar-refractivity contribution is 5.80. The second kappa shape index (κ2) is 11.5. The highest BCUT2D eigenvalue weighted by Gasteiger charge is 2.25. The van der Waals surface area contributed by atoms with Gasteiger partial charge in [-0.25, -0.2) is 4.99 Å². The van der Waals surface area contributed by atoms with Crippen molar-refractivity contribution in [2.24, 2.45) is 16.8 Å². The zero-order chi connectivity index (χ0) is 22.2. The highest BCUT2D eigenvalue weighted by atomic mass is 16.2. The molecule has 0 saturated carbocycles. The van der Waals surface area contributed by atoms with Crippen LogP contribution >= 0.6 is 0 Å². The van der Waals surface area contributed by atoms with Gasteiger partial charge in [0.05, 0.1) is 6.54 Å². The van der Waals surface area contributed by atoms with Crippen molar-refractivity contribution in [2.75, 3.05) is 32.7 Å². The first-order valence-corrected chi connectivity index (χ1v) is 12.1. The van der Waals surface area contributed by atoms with Crippen molar-refractivity contribution < 1.29 is 4.79 Å². The van der Waals surface area contributed by atoms with E-state index < -0.39 is 0 Å². The number of benzene rings is 1. The molecule has 1 aromatic carbocycles. The summed E-state index contributed by atoms with van der Waals surface area (Å²) in [7, 11) is 0. The smallest absolute Gasteiger partial charge is 0.222 e. The Morgan fingerprint density at radius 3 is 2.39 bits per heavy atom. The van der Waals surface area contributed by atoms with Crippen LogP contribution in [-0.4, -0.2) is 60.4 Å². The number of hydrogen-bond acceptors (Lipinski definition) is 3. The first-order valence-electron chi connectivity index (χ1n) is 12.1. The minimum absolute atomic E-state index is 0.236. The number of likely N-dealkylation sites (tertiary alicyclic amines) is 2. The van der Waals surface area contributed by atoms with Gasteiger partial charge in [0.2, 0.25) is 5.91 Å². The molecule has 31 heavy (non-hydrogen) atoms. The normalized spacial score (nSPS) is 25.0. The van der Waals surface area contributed by atoms with Gasteiger partial charge < -0.3 is 15.5 Å². The predicted molar refractivity (Wildman–Crippen MR) is 128 cm³/mol. The molecule has 1 amide bonds. The van der Waals surface area contributed by atoms with Crippen molar-refractivity contribution in [3.05, 3.63) is 35.4 Å². The molecule has 2 aliphatic rings. The Bertz CT molecular complexity index is 722. The molecule has 2 saturated heterocycles. The molecule has 6 nitrogen and oxygen atoms in total. The molecule has 0 aliphatic carbocycles. The van der Waals surface area contributed by atoms with Gasteiger partial charge in [-0.3, -0.25) is 9.69 Å². The number of hydrogen-bond donors (Lipinski definition) is 2. The van der Waals surface area contributed by atoms with Gasteiger partial charge in [0.1, 0.15) is 0 Å². The topological polar surface area (TPSA) is 60.0 Å². The zero-order valence-electron chi connectivity index (χ0n) is 19.9. The van der Waals surface area contributed by atoms with Gasteiger partial charge in [0, 0.05) is 51.7 Å². The van der Waals surface area contributed by atoms with Crippen LogP contribution in [0.1, 0.15) is 58.1 Å². The SMILES string of the molecule is CCNC(=NCc1ccc(CN2CC(C)CC(C)C2)cc1)NC1CCN(C(=O)CC)C1. The summed E-state index contributed by atoms with van der Waals surface area (Å²) in [5, 5.41) is 6.85. The van der Waals surface area contributed by atoms with Crippen molar-refractivity contribution in [3.8, 4) is 0 Å². The van der Waals surface area contributed by atoms with Crippen LogP contribution in [-0.2, 0) is 17.9 Å². The Balaban J connectivity index is 1.52. The Kier molecular flexibility index (Phi) is 8.76. The molecule has 2 fully saturated rings. The van der Waals surface area contributed by atoms with E-state index in [0.29, 0.717) is 13.0 Å². The maximum atomic E-state index is 11.9. The molecule has 6 heteroatoms. The van der Waals surface area contributed by atoms with Crippen LogP contribution in [0.25, 0.3) is 0 Å². The van der Waals surface area contributed by atoms with Crippen LogP contribution in [0.3, 0.4) is 0 Å². The molecule has 3 atom stereocenters. The number of guanidine groups is 1. The number of nitrogens with one attached hydrogen (secondary N) is 2. The largest absolute Gasteiger partial charge is 0.357 e. The molecule has 1 aromatic rings. The first kappa shape index (κ1) is 23.6. The van der Waals surface area contributed by atoms with Crippen LogP contribution in [0.2, 0.25) is 0 Å². The van der Waals surface area contributed by atoms with Crippen molar-refractivity contribution in [1.82, 2.24) is 20.4 Å². The van der Waals surface area contributed by atoms with E-state index in [-0.39, 0.29) is 11.9 Å². The maximum absolute atomic E-state index is 11.9. The fraction of sp³-hybridized carbons (Fsp3) is 0.680. The number of rotatable bonds is 7. The van der Waals surface area contributed by atoms with Gasteiger partial charge in [-0.15, -0.1) is 0 Å². The molecule has 0 aromatic heterocycles. The summed E-state index contributed by atoms with van der Waals surface area (Å²) < 4.78 is 0. The minimum Gasteiger partial charge on any atom is -0.357 e. The van der Waals surface area contributed by atoms with E-state index >= 15 is 0 Å². The molecule has 2 aliphatic heterocycles. The summed E-state index contributed by atoms with van der Waals surface area (Å²) in [4.78, 5) is 21.2. The summed E-state index contributed by atoms with van der Waals surface area (Å²) in [6.07, 6.45) is 2.90. The van der Waals surface area contributed by atoms with Crippen LogP contribution in [0.4, 0.5) is 0 Å². The number of aliphatic imine (C=N–C) groups is 1. The van der Waals surface area contributed by atoms with Crippen molar-refractivity contribution in [3.63, 3.8) is 0 Å². The second-order valence-corrected chi connectivity index (χ2v) is 9.48. The molecular formula is C25H41N5O. The van der Waals surface area contributed by atoms with E-state index in [1.807, 2.05) is 11.8 Å². The quantitative estimate of drug-likeness (QED) is 0.518. The van der Waals surface area contributed by atoms with Crippen LogP contribution in [0.5, 0.6) is 0 Å². The average molecular weight is 428 g/mol. The predicted octanol–water partition coefficient (Wildman–Crippen LogP) is 3.23. The summed E-state index contributed by atoms with van der Waals surface area (Å²) in [5.74, 6) is 2.65. The lowest BCUT2D eigenvalue weighted by Gasteiger charge is -2.35. The fourth-order valence-electron chi connectivity index (χ4n) is 4.94. The standard InChI is InChI=1S/C25H41N5O/c1-5-24(31)30-12-11-23(18-30)28-25(26-6-2)27-14-21-7-9-22(10-8-21)17-29-15-19(3)13-20(4)16-29/h7-10,19-20,23H,5-6,11-18H2,1-4H3,(H2,26,27,28). The summed E-state index contributed by atoms with van der Waals surface area (Å²) >= 11 is 0. The molecule has 3 rings (SSSR count). The number of piperidine rings is 1. The van der Waals surface area contributed by atoms with E-state index in [1.54, 1.807) is 0 Å². The maximum Gasteiger partial charge on any atom is 0.222 e. The molecular weight excluding hydrogens is 386 g/mol. The molecule has 3 unspecified atom stereocenters. The molecule has 0 spiro atoms. The Labute approximate surface area is 188 Å². The second-order valence-electron chi connectivity index (χ2n) is 9.48. The van der Waals surface area contributed by atoms with Crippen LogP contribution in [0.15, 0.2) is 29.3 Å².